The molecule has 0 saturated carbocycles. The molecule has 0 saturated heterocycles. The van der Waals surface area contributed by atoms with Crippen LogP contribution >= 0.6 is 0 Å². The number of aromatic nitrogens is 1. The molecule has 1 aromatic carbocycles. The zero-order valence-corrected chi connectivity index (χ0v) is 6.57. The van der Waals surface area contributed by atoms with E-state index in [1.54, 1.807) is 6.07 Å². The van der Waals surface area contributed by atoms with E-state index >= 15 is 0 Å². The second-order valence-corrected chi connectivity index (χ2v) is 2.64. The second kappa shape index (κ2) is 2.44. The van der Waals surface area contributed by atoms with Crippen LogP contribution in [0.2, 0.25) is 0 Å². The smallest absolute Gasteiger partial charge is 0.211 e. The molecule has 60 valence electrons. The molecule has 0 amide bonds. The minimum atomic E-state index is -0.0973. The van der Waals surface area contributed by atoms with Gasteiger partial charge in [-0.1, -0.05) is 17.3 Å². The number of hydrogen-bond acceptors (Lipinski definition) is 3. The lowest BCUT2D eigenvalue weighted by Crippen LogP contribution is -2.00. The number of rotatable bonds is 0. The summed E-state index contributed by atoms with van der Waals surface area (Å²) in [7, 11) is 0. The maximum Gasteiger partial charge on any atom is 0.211 e. The van der Waals surface area contributed by atoms with Crippen molar-refractivity contribution in [3.63, 3.8) is 0 Å². The van der Waals surface area contributed by atoms with Gasteiger partial charge in [0.05, 0.1) is 5.39 Å². The largest absolute Gasteiger partial charge is 0.356 e. The molecular formula is C9H7NO2. The fraction of sp³-hybridized carbons (Fsp3) is 0.111. The lowest BCUT2D eigenvalue weighted by Gasteiger charge is -1.95. The molecule has 2 rings (SSSR count). The maximum absolute atomic E-state index is 11.2. The predicted octanol–water partition coefficient (Wildman–Crippen LogP) is 1.50. The Labute approximate surface area is 68.6 Å². The van der Waals surface area contributed by atoms with Crippen molar-refractivity contribution in [2.75, 3.05) is 0 Å². The summed E-state index contributed by atoms with van der Waals surface area (Å²) in [6, 6.07) is 5.44. The number of fused-ring (bicyclic) bond motifs is 1. The van der Waals surface area contributed by atoms with Crippen LogP contribution in [0.25, 0.3) is 11.0 Å². The first-order valence-electron chi connectivity index (χ1n) is 3.63. The zero-order chi connectivity index (χ0) is 8.55. The first kappa shape index (κ1) is 7.03. The van der Waals surface area contributed by atoms with Crippen molar-refractivity contribution in [1.82, 2.24) is 5.16 Å². The average Bonchev–Trinajstić information content (AvgIpc) is 2.07. The Morgan fingerprint density at radius 1 is 1.42 bits per heavy atom. The van der Waals surface area contributed by atoms with Crippen molar-refractivity contribution < 1.29 is 4.52 Å². The van der Waals surface area contributed by atoms with E-state index in [4.69, 9.17) is 4.52 Å². The van der Waals surface area contributed by atoms with Crippen molar-refractivity contribution in [3.8, 4) is 0 Å². The molecule has 0 radical (unpaired) electrons. The first-order valence-corrected chi connectivity index (χ1v) is 3.63. The molecule has 1 heterocycles. The molecule has 3 heteroatoms. The summed E-state index contributed by atoms with van der Waals surface area (Å²) in [4.78, 5) is 11.2. The lowest BCUT2D eigenvalue weighted by molar-refractivity contribution is 0.439. The van der Waals surface area contributed by atoms with Gasteiger partial charge in [-0.25, -0.2) is 0 Å². The molecule has 0 aliphatic carbocycles. The molecule has 0 aliphatic heterocycles. The van der Waals surface area contributed by atoms with E-state index in [2.05, 4.69) is 5.16 Å². The molecule has 0 unspecified atom stereocenters. The Morgan fingerprint density at radius 2 is 2.25 bits per heavy atom. The lowest BCUT2D eigenvalue weighted by atomic mass is 10.1. The summed E-state index contributed by atoms with van der Waals surface area (Å²) < 4.78 is 4.97. The van der Waals surface area contributed by atoms with Crippen LogP contribution in [-0.2, 0) is 0 Å². The van der Waals surface area contributed by atoms with Crippen molar-refractivity contribution in [2.45, 2.75) is 6.92 Å². The minimum Gasteiger partial charge on any atom is -0.356 e. The van der Waals surface area contributed by atoms with E-state index in [0.29, 0.717) is 11.0 Å². The second-order valence-electron chi connectivity index (χ2n) is 2.64. The van der Waals surface area contributed by atoms with Crippen LogP contribution in [0.1, 0.15) is 5.56 Å². The van der Waals surface area contributed by atoms with Crippen LogP contribution in [0.4, 0.5) is 0 Å². The molecular weight excluding hydrogens is 154 g/mol. The molecule has 0 spiro atoms. The number of hydrogen-bond donors (Lipinski definition) is 0. The highest BCUT2D eigenvalue weighted by Crippen LogP contribution is 2.12. The summed E-state index contributed by atoms with van der Waals surface area (Å²) in [5.41, 5.74) is 1.41. The van der Waals surface area contributed by atoms with Gasteiger partial charge in [-0.05, 0) is 18.6 Å². The Hall–Kier alpha value is -1.64. The maximum atomic E-state index is 11.2. The quantitative estimate of drug-likeness (QED) is 0.588. The molecule has 12 heavy (non-hydrogen) atoms. The molecule has 0 aliphatic rings. The van der Waals surface area contributed by atoms with Gasteiger partial charge in [0, 0.05) is 0 Å². The first-order chi connectivity index (χ1) is 5.79. The Kier molecular flexibility index (Phi) is 1.43. The van der Waals surface area contributed by atoms with Gasteiger partial charge < -0.3 is 4.52 Å². The zero-order valence-electron chi connectivity index (χ0n) is 6.57. The van der Waals surface area contributed by atoms with Crippen LogP contribution in [0.5, 0.6) is 0 Å². The third-order valence-electron chi connectivity index (χ3n) is 1.79. The molecule has 1 aromatic heterocycles. The summed E-state index contributed by atoms with van der Waals surface area (Å²) in [5.74, 6) is 0. The minimum absolute atomic E-state index is 0.0973. The fourth-order valence-corrected chi connectivity index (χ4v) is 1.16. The summed E-state index contributed by atoms with van der Waals surface area (Å²) in [6.45, 7) is 1.88. The van der Waals surface area contributed by atoms with Gasteiger partial charge in [-0.15, -0.1) is 0 Å². The van der Waals surface area contributed by atoms with Gasteiger partial charge in [0.2, 0.25) is 5.43 Å². The Bertz CT molecular complexity index is 473. The monoisotopic (exact) mass is 161 g/mol. The highest BCUT2D eigenvalue weighted by atomic mass is 16.5. The van der Waals surface area contributed by atoms with E-state index in [1.165, 1.54) is 6.20 Å². The highest BCUT2D eigenvalue weighted by molar-refractivity contribution is 5.78. The fourth-order valence-electron chi connectivity index (χ4n) is 1.16. The molecule has 0 bridgehead atoms. The summed E-state index contributed by atoms with van der Waals surface area (Å²) >= 11 is 0. The summed E-state index contributed by atoms with van der Waals surface area (Å²) in [6.07, 6.45) is 1.18. The average molecular weight is 161 g/mol. The molecule has 0 fully saturated rings. The van der Waals surface area contributed by atoms with Crippen molar-refractivity contribution in [2.24, 2.45) is 0 Å². The third kappa shape index (κ3) is 0.906. The number of nitrogens with zero attached hydrogens (tertiary/aromatic N) is 1. The van der Waals surface area contributed by atoms with E-state index in [-0.39, 0.29) is 5.43 Å². The van der Waals surface area contributed by atoms with Crippen LogP contribution in [0, 0.1) is 6.92 Å². The van der Waals surface area contributed by atoms with Gasteiger partial charge in [-0.2, -0.15) is 0 Å². The number of benzene rings is 1. The van der Waals surface area contributed by atoms with Gasteiger partial charge in [0.25, 0.3) is 0 Å². The van der Waals surface area contributed by atoms with Gasteiger partial charge >= 0.3 is 0 Å². The van der Waals surface area contributed by atoms with Gasteiger partial charge in [0.1, 0.15) is 6.20 Å². The van der Waals surface area contributed by atoms with Crippen LogP contribution in [0.15, 0.2) is 33.7 Å². The van der Waals surface area contributed by atoms with E-state index in [1.807, 2.05) is 19.1 Å². The van der Waals surface area contributed by atoms with Gasteiger partial charge in [0.15, 0.2) is 5.58 Å². The van der Waals surface area contributed by atoms with Crippen LogP contribution in [0.3, 0.4) is 0 Å². The standard InChI is InChI=1S/C9H7NO2/c1-6-3-2-4-7-8(11)5-10-12-9(6)7/h2-5H,1H3. The van der Waals surface area contributed by atoms with Crippen molar-refractivity contribution in [1.29, 1.82) is 0 Å². The molecule has 0 N–H and O–H groups in total. The van der Waals surface area contributed by atoms with Crippen LogP contribution in [-0.4, -0.2) is 5.16 Å². The molecule has 3 nitrogen and oxygen atoms in total. The third-order valence-corrected chi connectivity index (χ3v) is 1.79. The predicted molar refractivity (Wildman–Crippen MR) is 45.0 cm³/mol. The van der Waals surface area contributed by atoms with Gasteiger partial charge in [-0.3, -0.25) is 4.79 Å². The number of aryl methyl sites for hydroxylation is 1. The SMILES string of the molecule is Cc1cccc2c(=O)cnoc12. The van der Waals surface area contributed by atoms with E-state index in [9.17, 15) is 4.79 Å². The topological polar surface area (TPSA) is 43.1 Å². The van der Waals surface area contributed by atoms with Crippen LogP contribution < -0.4 is 5.43 Å². The summed E-state index contributed by atoms with van der Waals surface area (Å²) in [5, 5.41) is 4.07. The Morgan fingerprint density at radius 3 is 3.00 bits per heavy atom. The normalized spacial score (nSPS) is 10.4. The Balaban J connectivity index is 3.05. The van der Waals surface area contributed by atoms with Crippen molar-refractivity contribution in [3.05, 3.63) is 40.2 Å². The molecule has 0 atom stereocenters. The van der Waals surface area contributed by atoms with Crippen molar-refractivity contribution >= 4 is 11.0 Å². The number of para-hydroxylation sites is 1. The molecule has 2 aromatic rings. The van der Waals surface area contributed by atoms with E-state index in [0.717, 1.165) is 5.56 Å². The van der Waals surface area contributed by atoms with E-state index < -0.39 is 0 Å². The highest BCUT2D eigenvalue weighted by Gasteiger charge is 2.01.